The minimum absolute atomic E-state index is 0.0320. The third kappa shape index (κ3) is 5.25. The Kier molecular flexibility index (Phi) is 7.21. The molecular formula is C26H30O7. The summed E-state index contributed by atoms with van der Waals surface area (Å²) in [6, 6.07) is 4.09. The number of ketones is 1. The van der Waals surface area contributed by atoms with Gasteiger partial charge in [0.1, 0.15) is 28.9 Å². The summed E-state index contributed by atoms with van der Waals surface area (Å²) in [6.07, 6.45) is 5.28. The first-order valence-corrected chi connectivity index (χ1v) is 10.8. The van der Waals surface area contributed by atoms with E-state index in [1.807, 2.05) is 26.8 Å². The van der Waals surface area contributed by atoms with Crippen molar-refractivity contribution in [1.82, 2.24) is 0 Å². The molecule has 1 atom stereocenters. The van der Waals surface area contributed by atoms with Crippen LogP contribution >= 0.6 is 0 Å². The third-order valence-electron chi connectivity index (χ3n) is 5.68. The van der Waals surface area contributed by atoms with Crippen LogP contribution < -0.4 is 9.47 Å². The van der Waals surface area contributed by atoms with E-state index in [0.717, 1.165) is 18.4 Å². The van der Waals surface area contributed by atoms with Crippen molar-refractivity contribution in [3.8, 4) is 34.5 Å². The SMILES string of the molecule is COc1cc([C@@H]2CC(=O)c3c(cc(O)c(C/C=C(/C)CCC=C(C)C)c3O)O2)cc(O)c1O. The van der Waals surface area contributed by atoms with Crippen molar-refractivity contribution in [1.29, 1.82) is 0 Å². The second-order valence-electron chi connectivity index (χ2n) is 8.50. The number of phenols is 4. The number of ether oxygens (including phenoxy) is 2. The monoisotopic (exact) mass is 454 g/mol. The Labute approximate surface area is 193 Å². The minimum atomic E-state index is -0.785. The van der Waals surface area contributed by atoms with Crippen molar-refractivity contribution in [2.75, 3.05) is 7.11 Å². The summed E-state index contributed by atoms with van der Waals surface area (Å²) >= 11 is 0. The molecule has 0 spiro atoms. The van der Waals surface area contributed by atoms with Gasteiger partial charge < -0.3 is 29.9 Å². The highest BCUT2D eigenvalue weighted by atomic mass is 16.5. The van der Waals surface area contributed by atoms with Gasteiger partial charge in [0.05, 0.1) is 13.5 Å². The van der Waals surface area contributed by atoms with Gasteiger partial charge in [-0.1, -0.05) is 23.3 Å². The number of methoxy groups -OCH3 is 1. The van der Waals surface area contributed by atoms with Gasteiger partial charge in [-0.05, 0) is 52.2 Å². The Morgan fingerprint density at radius 2 is 1.79 bits per heavy atom. The zero-order chi connectivity index (χ0) is 24.3. The number of hydrogen-bond donors (Lipinski definition) is 4. The number of allylic oxidation sites excluding steroid dienone is 4. The van der Waals surface area contributed by atoms with Crippen LogP contribution in [0.2, 0.25) is 0 Å². The van der Waals surface area contributed by atoms with Crippen LogP contribution in [0.15, 0.2) is 41.5 Å². The molecule has 1 aliphatic rings. The fourth-order valence-corrected chi connectivity index (χ4v) is 3.81. The van der Waals surface area contributed by atoms with Crippen molar-refractivity contribution < 1.29 is 34.7 Å². The summed E-state index contributed by atoms with van der Waals surface area (Å²) in [5.74, 6) is -1.51. The second-order valence-corrected chi connectivity index (χ2v) is 8.50. The molecule has 7 nitrogen and oxygen atoms in total. The maximum atomic E-state index is 12.9. The predicted octanol–water partition coefficient (Wildman–Crippen LogP) is 5.46. The molecule has 0 aromatic heterocycles. The summed E-state index contributed by atoms with van der Waals surface area (Å²) in [5, 5.41) is 41.1. The van der Waals surface area contributed by atoms with Gasteiger partial charge in [-0.2, -0.15) is 0 Å². The first-order chi connectivity index (χ1) is 15.6. The van der Waals surface area contributed by atoms with Crippen LogP contribution in [0.5, 0.6) is 34.5 Å². The van der Waals surface area contributed by atoms with E-state index in [-0.39, 0.29) is 52.7 Å². The van der Waals surface area contributed by atoms with E-state index < -0.39 is 17.6 Å². The van der Waals surface area contributed by atoms with E-state index in [9.17, 15) is 25.2 Å². The molecule has 0 saturated heterocycles. The van der Waals surface area contributed by atoms with Crippen LogP contribution in [0.4, 0.5) is 0 Å². The van der Waals surface area contributed by atoms with E-state index in [1.165, 1.54) is 30.9 Å². The Balaban J connectivity index is 1.87. The summed E-state index contributed by atoms with van der Waals surface area (Å²) in [5.41, 5.74) is 3.09. The van der Waals surface area contributed by atoms with Gasteiger partial charge >= 0.3 is 0 Å². The maximum absolute atomic E-state index is 12.9. The van der Waals surface area contributed by atoms with Gasteiger partial charge in [0.25, 0.3) is 0 Å². The summed E-state index contributed by atoms with van der Waals surface area (Å²) < 4.78 is 10.9. The Hall–Kier alpha value is -3.61. The van der Waals surface area contributed by atoms with Gasteiger partial charge in [-0.25, -0.2) is 0 Å². The van der Waals surface area contributed by atoms with Crippen molar-refractivity contribution in [2.24, 2.45) is 0 Å². The molecule has 2 aromatic rings. The molecule has 7 heteroatoms. The fraction of sp³-hybridized carbons (Fsp3) is 0.346. The maximum Gasteiger partial charge on any atom is 0.200 e. The van der Waals surface area contributed by atoms with Crippen molar-refractivity contribution in [3.05, 3.63) is 58.2 Å². The molecule has 0 radical (unpaired) electrons. The van der Waals surface area contributed by atoms with Crippen molar-refractivity contribution in [3.63, 3.8) is 0 Å². The van der Waals surface area contributed by atoms with Crippen LogP contribution in [0.25, 0.3) is 0 Å². The number of Topliss-reactive ketones (excluding diaryl/α,β-unsaturated/α-hetero) is 1. The molecule has 1 heterocycles. The zero-order valence-corrected chi connectivity index (χ0v) is 19.3. The number of fused-ring (bicyclic) bond motifs is 1. The van der Waals surface area contributed by atoms with Gasteiger partial charge in [0, 0.05) is 17.2 Å². The Morgan fingerprint density at radius 1 is 1.06 bits per heavy atom. The molecular weight excluding hydrogens is 424 g/mol. The van der Waals surface area contributed by atoms with E-state index in [2.05, 4.69) is 6.08 Å². The standard InChI is InChI=1S/C26H30O7/c1-14(2)6-5-7-15(3)8-9-17-18(27)12-22-24(25(17)30)19(28)13-21(33-22)16-10-20(29)26(31)23(11-16)32-4/h6,8,10-12,21,27,29-31H,5,7,9,13H2,1-4H3/b15-8-/t21-/m0/s1. The topological polar surface area (TPSA) is 116 Å². The molecule has 0 saturated carbocycles. The van der Waals surface area contributed by atoms with Crippen LogP contribution in [0, 0.1) is 0 Å². The number of carbonyl (C=O) groups is 1. The molecule has 4 N–H and O–H groups in total. The van der Waals surface area contributed by atoms with Crippen molar-refractivity contribution >= 4 is 5.78 Å². The first-order valence-electron chi connectivity index (χ1n) is 10.8. The second kappa shape index (κ2) is 9.90. The lowest BCUT2D eigenvalue weighted by atomic mass is 9.92. The van der Waals surface area contributed by atoms with Gasteiger partial charge in [-0.15, -0.1) is 0 Å². The smallest absolute Gasteiger partial charge is 0.200 e. The zero-order valence-electron chi connectivity index (χ0n) is 19.3. The van der Waals surface area contributed by atoms with Crippen LogP contribution in [0.3, 0.4) is 0 Å². The lowest BCUT2D eigenvalue weighted by Crippen LogP contribution is -2.21. The highest BCUT2D eigenvalue weighted by Gasteiger charge is 2.33. The average molecular weight is 455 g/mol. The number of phenolic OH excluding ortho intramolecular Hbond substituents is 4. The van der Waals surface area contributed by atoms with Crippen LogP contribution in [-0.2, 0) is 6.42 Å². The molecule has 33 heavy (non-hydrogen) atoms. The van der Waals surface area contributed by atoms with E-state index in [0.29, 0.717) is 5.56 Å². The van der Waals surface area contributed by atoms with E-state index in [4.69, 9.17) is 9.47 Å². The normalized spacial score (nSPS) is 15.6. The molecule has 3 rings (SSSR count). The molecule has 0 fully saturated rings. The van der Waals surface area contributed by atoms with Gasteiger partial charge in [0.2, 0.25) is 5.75 Å². The van der Waals surface area contributed by atoms with Crippen LogP contribution in [-0.4, -0.2) is 33.3 Å². The fourth-order valence-electron chi connectivity index (χ4n) is 3.81. The molecule has 0 unspecified atom stereocenters. The van der Waals surface area contributed by atoms with Gasteiger partial charge in [-0.3, -0.25) is 4.79 Å². The Bertz CT molecular complexity index is 1120. The summed E-state index contributed by atoms with van der Waals surface area (Å²) in [6.45, 7) is 6.09. The highest BCUT2D eigenvalue weighted by molar-refractivity contribution is 6.03. The molecule has 0 bridgehead atoms. The molecule has 0 aliphatic carbocycles. The third-order valence-corrected chi connectivity index (χ3v) is 5.68. The average Bonchev–Trinajstić information content (AvgIpc) is 2.74. The molecule has 2 aromatic carbocycles. The quantitative estimate of drug-likeness (QED) is 0.324. The minimum Gasteiger partial charge on any atom is -0.507 e. The lowest BCUT2D eigenvalue weighted by Gasteiger charge is -2.27. The highest BCUT2D eigenvalue weighted by Crippen LogP contribution is 2.46. The van der Waals surface area contributed by atoms with Crippen molar-refractivity contribution in [2.45, 2.75) is 52.6 Å². The van der Waals surface area contributed by atoms with E-state index in [1.54, 1.807) is 0 Å². The number of hydrogen-bond acceptors (Lipinski definition) is 7. The number of benzene rings is 2. The van der Waals surface area contributed by atoms with E-state index >= 15 is 0 Å². The number of rotatable bonds is 7. The Morgan fingerprint density at radius 3 is 2.45 bits per heavy atom. The predicted molar refractivity (Wildman–Crippen MR) is 125 cm³/mol. The largest absolute Gasteiger partial charge is 0.507 e. The molecule has 0 amide bonds. The summed E-state index contributed by atoms with van der Waals surface area (Å²) in [4.78, 5) is 12.9. The van der Waals surface area contributed by atoms with Crippen LogP contribution in [0.1, 0.15) is 67.6 Å². The van der Waals surface area contributed by atoms with Gasteiger partial charge in [0.15, 0.2) is 17.3 Å². The summed E-state index contributed by atoms with van der Waals surface area (Å²) in [7, 11) is 1.34. The number of carbonyl (C=O) groups excluding carboxylic acids is 1. The molecule has 1 aliphatic heterocycles. The first kappa shape index (κ1) is 24.0. The lowest BCUT2D eigenvalue weighted by molar-refractivity contribution is 0.0843. The number of aromatic hydroxyl groups is 4. The molecule has 176 valence electrons.